The van der Waals surface area contributed by atoms with Gasteiger partial charge in [0, 0.05) is 31.7 Å². The van der Waals surface area contributed by atoms with Crippen molar-refractivity contribution in [2.24, 2.45) is 0 Å². The van der Waals surface area contributed by atoms with Crippen molar-refractivity contribution < 1.29 is 18.7 Å². The summed E-state index contributed by atoms with van der Waals surface area (Å²) < 4.78 is 25.8. The lowest BCUT2D eigenvalue weighted by atomic mass is 9.96. The van der Waals surface area contributed by atoms with Crippen LogP contribution in [0.3, 0.4) is 0 Å². The average molecular weight is 423 g/mol. The minimum absolute atomic E-state index is 0.00337. The zero-order valence-corrected chi connectivity index (χ0v) is 17.5. The third kappa shape index (κ3) is 4.93. The molecule has 0 radical (unpaired) electrons. The Labute approximate surface area is 181 Å². The highest BCUT2D eigenvalue weighted by molar-refractivity contribution is 5.94. The number of benzene rings is 2. The van der Waals surface area contributed by atoms with Crippen LogP contribution < -0.4 is 10.6 Å². The van der Waals surface area contributed by atoms with Gasteiger partial charge in [-0.2, -0.15) is 5.26 Å². The largest absolute Gasteiger partial charge is 0.454 e. The van der Waals surface area contributed by atoms with Gasteiger partial charge >= 0.3 is 5.97 Å². The molecule has 0 spiro atoms. The van der Waals surface area contributed by atoms with Crippen molar-refractivity contribution in [3.63, 3.8) is 0 Å². The van der Waals surface area contributed by atoms with E-state index in [1.54, 1.807) is 18.2 Å². The second kappa shape index (κ2) is 9.56. The Morgan fingerprint density at radius 3 is 2.90 bits per heavy atom. The number of hydrogen-bond acceptors (Lipinski definition) is 6. The van der Waals surface area contributed by atoms with E-state index >= 15 is 0 Å². The van der Waals surface area contributed by atoms with Crippen molar-refractivity contribution in [1.82, 2.24) is 10.6 Å². The standard InChI is InChI=1S/C24H26FN3O3/c1-15-22-10-16(5-6-21(22)24(29)31-15)17-3-4-18(23(25)11-17)9-19(12-26)28-14-20-13-27-7-2-8-30-20/h3-6,10-11,15,19-20,27-28H,2,7-9,13-14H2,1H3/t15-,19+,20?/m1/s1. The molecule has 3 atom stereocenters. The van der Waals surface area contributed by atoms with Gasteiger partial charge in [0.2, 0.25) is 0 Å². The fourth-order valence-corrected chi connectivity index (χ4v) is 4.00. The molecule has 6 nitrogen and oxygen atoms in total. The van der Waals surface area contributed by atoms with Crippen molar-refractivity contribution in [2.75, 3.05) is 26.2 Å². The molecule has 1 unspecified atom stereocenters. The number of halogens is 1. The maximum atomic E-state index is 14.8. The van der Waals surface area contributed by atoms with Gasteiger partial charge in [0.1, 0.15) is 11.9 Å². The number of carbonyl (C=O) groups is 1. The molecule has 0 saturated carbocycles. The van der Waals surface area contributed by atoms with Crippen LogP contribution in [0.5, 0.6) is 0 Å². The Balaban J connectivity index is 1.43. The van der Waals surface area contributed by atoms with Crippen molar-refractivity contribution in [3.8, 4) is 17.2 Å². The molecule has 162 valence electrons. The molecule has 2 aliphatic rings. The number of cyclic esters (lactones) is 1. The van der Waals surface area contributed by atoms with Crippen LogP contribution in [-0.4, -0.2) is 44.4 Å². The SMILES string of the molecule is C[C@H]1OC(=O)c2ccc(-c3ccc(C[C@@H](C#N)NCC4CNCCCO4)c(F)c3)cc21. The topological polar surface area (TPSA) is 83.4 Å². The van der Waals surface area contributed by atoms with Crippen LogP contribution in [0.1, 0.15) is 40.9 Å². The van der Waals surface area contributed by atoms with Crippen LogP contribution in [0.25, 0.3) is 11.1 Å². The maximum Gasteiger partial charge on any atom is 0.339 e. The van der Waals surface area contributed by atoms with Crippen LogP contribution in [0.4, 0.5) is 4.39 Å². The fraction of sp³-hybridized carbons (Fsp3) is 0.417. The van der Waals surface area contributed by atoms with E-state index in [2.05, 4.69) is 16.7 Å². The van der Waals surface area contributed by atoms with E-state index < -0.39 is 6.04 Å². The number of nitrogens with one attached hydrogen (secondary N) is 2. The van der Waals surface area contributed by atoms with Gasteiger partial charge in [0.25, 0.3) is 0 Å². The molecule has 31 heavy (non-hydrogen) atoms. The molecule has 0 aromatic heterocycles. The zero-order chi connectivity index (χ0) is 21.8. The number of nitrogens with zero attached hydrogens (tertiary/aromatic N) is 1. The van der Waals surface area contributed by atoms with Gasteiger partial charge in [-0.15, -0.1) is 0 Å². The van der Waals surface area contributed by atoms with Crippen molar-refractivity contribution >= 4 is 5.97 Å². The predicted octanol–water partition coefficient (Wildman–Crippen LogP) is 3.13. The summed E-state index contributed by atoms with van der Waals surface area (Å²) in [6.45, 7) is 4.74. The Morgan fingerprint density at radius 1 is 1.29 bits per heavy atom. The summed E-state index contributed by atoms with van der Waals surface area (Å²) in [7, 11) is 0. The lowest BCUT2D eigenvalue weighted by Gasteiger charge is -2.18. The summed E-state index contributed by atoms with van der Waals surface area (Å²) in [5.41, 5.74) is 3.40. The van der Waals surface area contributed by atoms with E-state index in [9.17, 15) is 14.4 Å². The quantitative estimate of drug-likeness (QED) is 0.695. The van der Waals surface area contributed by atoms with Gasteiger partial charge in [-0.25, -0.2) is 9.18 Å². The Bertz CT molecular complexity index is 996. The van der Waals surface area contributed by atoms with E-state index in [0.717, 1.165) is 36.2 Å². The van der Waals surface area contributed by atoms with Crippen LogP contribution >= 0.6 is 0 Å². The third-order valence-electron chi connectivity index (χ3n) is 5.77. The number of fused-ring (bicyclic) bond motifs is 1. The van der Waals surface area contributed by atoms with Gasteiger partial charge in [-0.3, -0.25) is 5.32 Å². The highest BCUT2D eigenvalue weighted by Crippen LogP contribution is 2.34. The lowest BCUT2D eigenvalue weighted by molar-refractivity contribution is 0.0422. The second-order valence-corrected chi connectivity index (χ2v) is 8.00. The molecule has 2 aromatic rings. The summed E-state index contributed by atoms with van der Waals surface area (Å²) in [5.74, 6) is -0.677. The molecule has 2 heterocycles. The van der Waals surface area contributed by atoms with Gasteiger partial charge < -0.3 is 14.8 Å². The summed E-state index contributed by atoms with van der Waals surface area (Å²) in [4.78, 5) is 11.8. The first-order valence-electron chi connectivity index (χ1n) is 10.6. The maximum absolute atomic E-state index is 14.8. The lowest BCUT2D eigenvalue weighted by Crippen LogP contribution is -2.40. The van der Waals surface area contributed by atoms with Crippen molar-refractivity contribution in [3.05, 3.63) is 58.9 Å². The summed E-state index contributed by atoms with van der Waals surface area (Å²) >= 11 is 0. The average Bonchev–Trinajstić information content (AvgIpc) is 2.94. The summed E-state index contributed by atoms with van der Waals surface area (Å²) in [6.07, 6.45) is 0.944. The van der Waals surface area contributed by atoms with Crippen molar-refractivity contribution in [2.45, 2.75) is 38.0 Å². The number of rotatable bonds is 6. The van der Waals surface area contributed by atoms with Gasteiger partial charge in [0.05, 0.1) is 23.8 Å². The van der Waals surface area contributed by atoms with E-state index in [1.807, 2.05) is 19.1 Å². The number of nitriles is 1. The monoisotopic (exact) mass is 423 g/mol. The molecule has 0 bridgehead atoms. The van der Waals surface area contributed by atoms with Gasteiger partial charge in [-0.05, 0) is 54.8 Å². The van der Waals surface area contributed by atoms with E-state index in [0.29, 0.717) is 24.3 Å². The molecule has 2 aliphatic heterocycles. The van der Waals surface area contributed by atoms with Gasteiger partial charge in [0.15, 0.2) is 0 Å². The third-order valence-corrected chi connectivity index (χ3v) is 5.77. The molecule has 4 rings (SSSR count). The second-order valence-electron chi connectivity index (χ2n) is 8.00. The Hall–Kier alpha value is -2.79. The zero-order valence-electron chi connectivity index (χ0n) is 17.5. The van der Waals surface area contributed by atoms with E-state index in [-0.39, 0.29) is 30.4 Å². The van der Waals surface area contributed by atoms with Crippen LogP contribution in [-0.2, 0) is 15.9 Å². The Kier molecular flexibility index (Phi) is 6.62. The molecular formula is C24H26FN3O3. The smallest absolute Gasteiger partial charge is 0.339 e. The first kappa shape index (κ1) is 21.4. The first-order chi connectivity index (χ1) is 15.0. The molecular weight excluding hydrogens is 397 g/mol. The molecule has 1 saturated heterocycles. The molecule has 2 aromatic carbocycles. The van der Waals surface area contributed by atoms with Crippen molar-refractivity contribution in [1.29, 1.82) is 5.26 Å². The minimum Gasteiger partial charge on any atom is -0.454 e. The molecule has 0 amide bonds. The van der Waals surface area contributed by atoms with E-state index in [4.69, 9.17) is 9.47 Å². The predicted molar refractivity (Wildman–Crippen MR) is 114 cm³/mol. The molecule has 1 fully saturated rings. The molecule has 2 N–H and O–H groups in total. The minimum atomic E-state index is -0.504. The fourth-order valence-electron chi connectivity index (χ4n) is 4.00. The normalized spacial score (nSPS) is 21.6. The summed E-state index contributed by atoms with van der Waals surface area (Å²) in [5, 5.41) is 16.0. The van der Waals surface area contributed by atoms with Crippen LogP contribution in [0.15, 0.2) is 36.4 Å². The Morgan fingerprint density at radius 2 is 2.10 bits per heavy atom. The number of ether oxygens (including phenoxy) is 2. The van der Waals surface area contributed by atoms with Crippen LogP contribution in [0.2, 0.25) is 0 Å². The number of esters is 1. The number of carbonyl (C=O) groups excluding carboxylic acids is 1. The molecule has 0 aliphatic carbocycles. The van der Waals surface area contributed by atoms with Crippen LogP contribution in [0, 0.1) is 17.1 Å². The highest BCUT2D eigenvalue weighted by atomic mass is 19.1. The molecule has 7 heteroatoms. The first-order valence-corrected chi connectivity index (χ1v) is 10.6. The number of hydrogen-bond donors (Lipinski definition) is 2. The highest BCUT2D eigenvalue weighted by Gasteiger charge is 2.28. The van der Waals surface area contributed by atoms with E-state index in [1.165, 1.54) is 6.07 Å². The van der Waals surface area contributed by atoms with Gasteiger partial charge in [-0.1, -0.05) is 18.2 Å². The summed E-state index contributed by atoms with van der Waals surface area (Å²) in [6, 6.07) is 12.2.